The number of amides is 4. The van der Waals surface area contributed by atoms with Crippen LogP contribution in [0, 0.1) is 5.92 Å². The lowest BCUT2D eigenvalue weighted by atomic mass is 9.98. The fourth-order valence-electron chi connectivity index (χ4n) is 2.29. The molecule has 0 aliphatic carbocycles. The van der Waals surface area contributed by atoms with E-state index in [0.717, 1.165) is 5.56 Å². The maximum absolute atomic E-state index is 12.2. The van der Waals surface area contributed by atoms with Crippen molar-refractivity contribution in [3.63, 3.8) is 0 Å². The summed E-state index contributed by atoms with van der Waals surface area (Å²) in [5.41, 5.74) is 6.13. The normalized spacial score (nSPS) is 13.5. The Kier molecular flexibility index (Phi) is 9.49. The van der Waals surface area contributed by atoms with Crippen molar-refractivity contribution in [3.05, 3.63) is 35.9 Å². The molecule has 4 amide bonds. The lowest BCUT2D eigenvalue weighted by Gasteiger charge is -2.23. The third-order valence-corrected chi connectivity index (χ3v) is 4.19. The number of hydrogen-bond acceptors (Lipinski definition) is 5. The SMILES string of the molecule is CC[C@H](C)[C@@H](NC(=O)[C@@H](C)NC(=O)CNC(=O)OCc1ccccc1)C(N)=O. The van der Waals surface area contributed by atoms with E-state index in [-0.39, 0.29) is 19.1 Å². The van der Waals surface area contributed by atoms with Crippen LogP contribution in [0.2, 0.25) is 0 Å². The summed E-state index contributed by atoms with van der Waals surface area (Å²) in [5, 5.41) is 7.28. The fourth-order valence-corrected chi connectivity index (χ4v) is 2.29. The number of carbonyl (C=O) groups excluding carboxylic acids is 4. The first-order chi connectivity index (χ1) is 13.2. The zero-order valence-electron chi connectivity index (χ0n) is 16.4. The van der Waals surface area contributed by atoms with Gasteiger partial charge in [-0.15, -0.1) is 0 Å². The fraction of sp³-hybridized carbons (Fsp3) is 0.474. The van der Waals surface area contributed by atoms with E-state index < -0.39 is 35.9 Å². The zero-order chi connectivity index (χ0) is 21.1. The molecule has 9 heteroatoms. The first kappa shape index (κ1) is 22.9. The highest BCUT2D eigenvalue weighted by Gasteiger charge is 2.26. The smallest absolute Gasteiger partial charge is 0.407 e. The number of rotatable bonds is 10. The van der Waals surface area contributed by atoms with Crippen molar-refractivity contribution in [1.29, 1.82) is 0 Å². The van der Waals surface area contributed by atoms with Crippen LogP contribution >= 0.6 is 0 Å². The monoisotopic (exact) mass is 392 g/mol. The molecule has 3 atom stereocenters. The van der Waals surface area contributed by atoms with Crippen molar-refractivity contribution in [2.24, 2.45) is 11.7 Å². The van der Waals surface area contributed by atoms with Gasteiger partial charge in [0, 0.05) is 0 Å². The molecule has 9 nitrogen and oxygen atoms in total. The number of carbonyl (C=O) groups is 4. The van der Waals surface area contributed by atoms with Crippen LogP contribution in [0.25, 0.3) is 0 Å². The van der Waals surface area contributed by atoms with E-state index in [1.807, 2.05) is 25.1 Å². The lowest BCUT2D eigenvalue weighted by molar-refractivity contribution is -0.131. The Morgan fingerprint density at radius 2 is 1.71 bits per heavy atom. The molecular weight excluding hydrogens is 364 g/mol. The van der Waals surface area contributed by atoms with Crippen LogP contribution in [-0.2, 0) is 25.7 Å². The van der Waals surface area contributed by atoms with E-state index in [9.17, 15) is 19.2 Å². The minimum Gasteiger partial charge on any atom is -0.445 e. The predicted octanol–water partition coefficient (Wildman–Crippen LogP) is 0.434. The van der Waals surface area contributed by atoms with Gasteiger partial charge in [0.2, 0.25) is 17.7 Å². The van der Waals surface area contributed by atoms with Crippen LogP contribution in [0.3, 0.4) is 0 Å². The molecule has 0 fully saturated rings. The maximum Gasteiger partial charge on any atom is 0.407 e. The predicted molar refractivity (Wildman–Crippen MR) is 103 cm³/mol. The van der Waals surface area contributed by atoms with E-state index >= 15 is 0 Å². The van der Waals surface area contributed by atoms with Gasteiger partial charge < -0.3 is 26.4 Å². The summed E-state index contributed by atoms with van der Waals surface area (Å²) in [6.45, 7) is 4.87. The minimum absolute atomic E-state index is 0.0806. The van der Waals surface area contributed by atoms with Gasteiger partial charge in [0.25, 0.3) is 0 Å². The van der Waals surface area contributed by atoms with Gasteiger partial charge in [0.05, 0.1) is 0 Å². The van der Waals surface area contributed by atoms with E-state index in [1.165, 1.54) is 6.92 Å². The second-order valence-electron chi connectivity index (χ2n) is 6.48. The molecule has 1 aromatic rings. The van der Waals surface area contributed by atoms with Crippen molar-refractivity contribution in [3.8, 4) is 0 Å². The van der Waals surface area contributed by atoms with Crippen LogP contribution in [0.15, 0.2) is 30.3 Å². The van der Waals surface area contributed by atoms with Crippen LogP contribution in [-0.4, -0.2) is 42.4 Å². The summed E-state index contributed by atoms with van der Waals surface area (Å²) in [7, 11) is 0. The molecule has 0 saturated heterocycles. The Balaban J connectivity index is 2.37. The second-order valence-corrected chi connectivity index (χ2v) is 6.48. The minimum atomic E-state index is -0.902. The molecule has 0 aliphatic heterocycles. The maximum atomic E-state index is 12.2. The molecule has 1 rings (SSSR count). The van der Waals surface area contributed by atoms with Gasteiger partial charge in [0.15, 0.2) is 0 Å². The van der Waals surface area contributed by atoms with Gasteiger partial charge in [0.1, 0.15) is 25.2 Å². The Morgan fingerprint density at radius 3 is 2.29 bits per heavy atom. The highest BCUT2D eigenvalue weighted by Crippen LogP contribution is 2.07. The molecular formula is C19H28N4O5. The Labute approximate surface area is 164 Å². The quantitative estimate of drug-likeness (QED) is 0.457. The molecule has 0 saturated carbocycles. The number of nitrogens with one attached hydrogen (secondary N) is 3. The van der Waals surface area contributed by atoms with E-state index in [0.29, 0.717) is 6.42 Å². The molecule has 154 valence electrons. The molecule has 0 spiro atoms. The van der Waals surface area contributed by atoms with Crippen LogP contribution in [0.1, 0.15) is 32.8 Å². The van der Waals surface area contributed by atoms with Crippen molar-refractivity contribution in [2.45, 2.75) is 45.9 Å². The third-order valence-electron chi connectivity index (χ3n) is 4.19. The average Bonchev–Trinajstić information content (AvgIpc) is 2.68. The molecule has 0 bridgehead atoms. The summed E-state index contributed by atoms with van der Waals surface area (Å²) in [6, 6.07) is 7.38. The van der Waals surface area contributed by atoms with Crippen molar-refractivity contribution in [2.75, 3.05) is 6.54 Å². The second kappa shape index (κ2) is 11.6. The Bertz CT molecular complexity index is 680. The zero-order valence-corrected chi connectivity index (χ0v) is 16.4. The number of alkyl carbamates (subject to hydrolysis) is 1. The highest BCUT2D eigenvalue weighted by molar-refractivity contribution is 5.92. The number of benzene rings is 1. The number of ether oxygens (including phenoxy) is 1. The van der Waals surface area contributed by atoms with Gasteiger partial charge in [-0.3, -0.25) is 14.4 Å². The van der Waals surface area contributed by atoms with Gasteiger partial charge in [-0.25, -0.2) is 4.79 Å². The Morgan fingerprint density at radius 1 is 1.07 bits per heavy atom. The molecule has 0 heterocycles. The molecule has 0 aromatic heterocycles. The number of nitrogens with two attached hydrogens (primary N) is 1. The van der Waals surface area contributed by atoms with Crippen LogP contribution < -0.4 is 21.7 Å². The topological polar surface area (TPSA) is 140 Å². The first-order valence-corrected chi connectivity index (χ1v) is 9.08. The summed E-state index contributed by atoms with van der Waals surface area (Å²) < 4.78 is 4.99. The standard InChI is InChI=1S/C19H28N4O5/c1-4-12(2)16(17(20)25)23-18(26)13(3)22-15(24)10-21-19(27)28-11-14-8-6-5-7-9-14/h5-9,12-13,16H,4,10-11H2,1-3H3,(H2,20,25)(H,21,27)(H,22,24)(H,23,26)/t12-,13+,16+/m0/s1. The van der Waals surface area contributed by atoms with Crippen LogP contribution in [0.4, 0.5) is 4.79 Å². The molecule has 0 unspecified atom stereocenters. The first-order valence-electron chi connectivity index (χ1n) is 9.08. The summed E-state index contributed by atoms with van der Waals surface area (Å²) in [6.07, 6.45) is -0.0921. The molecule has 28 heavy (non-hydrogen) atoms. The average molecular weight is 392 g/mol. The summed E-state index contributed by atoms with van der Waals surface area (Å²) in [4.78, 5) is 47.2. The molecule has 0 aliphatic rings. The van der Waals surface area contributed by atoms with E-state index in [4.69, 9.17) is 10.5 Å². The molecule has 0 radical (unpaired) electrons. The van der Waals surface area contributed by atoms with Crippen molar-refractivity contribution in [1.82, 2.24) is 16.0 Å². The molecule has 1 aromatic carbocycles. The van der Waals surface area contributed by atoms with Crippen molar-refractivity contribution >= 4 is 23.8 Å². The van der Waals surface area contributed by atoms with Gasteiger partial charge >= 0.3 is 6.09 Å². The van der Waals surface area contributed by atoms with Crippen LogP contribution in [0.5, 0.6) is 0 Å². The third kappa shape index (κ3) is 8.07. The molecule has 5 N–H and O–H groups in total. The summed E-state index contributed by atoms with van der Waals surface area (Å²) in [5.74, 6) is -1.88. The number of primary amides is 1. The van der Waals surface area contributed by atoms with Gasteiger partial charge in [-0.2, -0.15) is 0 Å². The van der Waals surface area contributed by atoms with Crippen molar-refractivity contribution < 1.29 is 23.9 Å². The van der Waals surface area contributed by atoms with E-state index in [1.54, 1.807) is 19.1 Å². The van der Waals surface area contributed by atoms with Gasteiger partial charge in [-0.1, -0.05) is 50.6 Å². The number of hydrogen-bond donors (Lipinski definition) is 4. The lowest BCUT2D eigenvalue weighted by Crippen LogP contribution is -2.54. The van der Waals surface area contributed by atoms with E-state index in [2.05, 4.69) is 16.0 Å². The van der Waals surface area contributed by atoms with Gasteiger partial charge in [-0.05, 0) is 18.4 Å². The largest absolute Gasteiger partial charge is 0.445 e. The summed E-state index contributed by atoms with van der Waals surface area (Å²) >= 11 is 0. The highest BCUT2D eigenvalue weighted by atomic mass is 16.5. The Hall–Kier alpha value is -3.10.